The third kappa shape index (κ3) is 2.72. The number of rotatable bonds is 4. The lowest BCUT2D eigenvalue weighted by molar-refractivity contribution is 0.0946. The van der Waals surface area contributed by atoms with Gasteiger partial charge in [-0.1, -0.05) is 18.2 Å². The number of hydrogen-bond donors (Lipinski definition) is 2. The van der Waals surface area contributed by atoms with Crippen LogP contribution in [0.5, 0.6) is 0 Å². The Bertz CT molecular complexity index is 978. The van der Waals surface area contributed by atoms with E-state index in [0.29, 0.717) is 12.2 Å². The minimum absolute atomic E-state index is 0.158. The van der Waals surface area contributed by atoms with E-state index in [9.17, 15) is 4.79 Å². The third-order valence-electron chi connectivity index (χ3n) is 3.98. The summed E-state index contributed by atoms with van der Waals surface area (Å²) >= 11 is 1.46. The van der Waals surface area contributed by atoms with Crippen molar-refractivity contribution in [3.63, 3.8) is 0 Å². The zero-order valence-corrected chi connectivity index (χ0v) is 13.9. The molecule has 0 bridgehead atoms. The van der Waals surface area contributed by atoms with Crippen LogP contribution in [0.25, 0.3) is 21.6 Å². The van der Waals surface area contributed by atoms with E-state index in [2.05, 4.69) is 27.4 Å². The van der Waals surface area contributed by atoms with E-state index in [0.717, 1.165) is 27.3 Å². The first-order chi connectivity index (χ1) is 11.7. The van der Waals surface area contributed by atoms with Crippen molar-refractivity contribution in [2.75, 3.05) is 0 Å². The van der Waals surface area contributed by atoms with Gasteiger partial charge in [0.1, 0.15) is 10.7 Å². The first-order valence-electron chi connectivity index (χ1n) is 7.63. The Kier molecular flexibility index (Phi) is 3.66. The highest BCUT2D eigenvalue weighted by Crippen LogP contribution is 2.26. The fourth-order valence-electron chi connectivity index (χ4n) is 2.63. The van der Waals surface area contributed by atoms with E-state index in [-0.39, 0.29) is 5.91 Å². The number of H-pyrrole nitrogens is 1. The van der Waals surface area contributed by atoms with Gasteiger partial charge in [-0.05, 0) is 24.3 Å². The molecule has 0 aliphatic rings. The Morgan fingerprint density at radius 3 is 2.96 bits per heavy atom. The summed E-state index contributed by atoms with van der Waals surface area (Å²) < 4.78 is 1.98. The minimum Gasteiger partial charge on any atom is -0.353 e. The number of para-hydroxylation sites is 1. The van der Waals surface area contributed by atoms with E-state index < -0.39 is 0 Å². The molecule has 4 aromatic rings. The van der Waals surface area contributed by atoms with E-state index in [1.54, 1.807) is 5.38 Å². The zero-order valence-electron chi connectivity index (χ0n) is 13.1. The summed E-state index contributed by atoms with van der Waals surface area (Å²) in [5, 5.41) is 6.65. The van der Waals surface area contributed by atoms with Crippen LogP contribution in [0.15, 0.2) is 54.0 Å². The molecule has 1 aromatic carbocycles. The van der Waals surface area contributed by atoms with Crippen molar-refractivity contribution in [2.45, 2.75) is 6.54 Å². The van der Waals surface area contributed by atoms with E-state index in [1.807, 2.05) is 48.1 Å². The van der Waals surface area contributed by atoms with Gasteiger partial charge in [-0.3, -0.25) is 4.79 Å². The van der Waals surface area contributed by atoms with Crippen LogP contribution >= 0.6 is 11.3 Å². The van der Waals surface area contributed by atoms with Gasteiger partial charge in [0.15, 0.2) is 0 Å². The number of amides is 1. The minimum atomic E-state index is -0.158. The molecule has 2 N–H and O–H groups in total. The van der Waals surface area contributed by atoms with Gasteiger partial charge in [-0.15, -0.1) is 11.3 Å². The van der Waals surface area contributed by atoms with Gasteiger partial charge in [-0.25, -0.2) is 4.98 Å². The molecule has 5 nitrogen and oxygen atoms in total. The van der Waals surface area contributed by atoms with Gasteiger partial charge in [0.05, 0.1) is 12.2 Å². The highest BCUT2D eigenvalue weighted by Gasteiger charge is 2.13. The number of benzene rings is 1. The number of carbonyl (C=O) groups excluding carboxylic acids is 1. The normalized spacial score (nSPS) is 11.0. The number of hydrogen-bond acceptors (Lipinski definition) is 3. The van der Waals surface area contributed by atoms with E-state index in [4.69, 9.17) is 0 Å². The van der Waals surface area contributed by atoms with Crippen LogP contribution in [0.2, 0.25) is 0 Å². The summed E-state index contributed by atoms with van der Waals surface area (Å²) in [5.74, 6) is -0.158. The molecule has 1 amide bonds. The maximum atomic E-state index is 12.3. The molecule has 4 rings (SSSR count). The van der Waals surface area contributed by atoms with Crippen LogP contribution < -0.4 is 5.32 Å². The van der Waals surface area contributed by atoms with Crippen molar-refractivity contribution in [3.05, 3.63) is 65.4 Å². The molecule has 24 heavy (non-hydrogen) atoms. The van der Waals surface area contributed by atoms with Gasteiger partial charge < -0.3 is 14.9 Å². The van der Waals surface area contributed by atoms with Crippen LogP contribution in [0.4, 0.5) is 0 Å². The summed E-state index contributed by atoms with van der Waals surface area (Å²) in [6.07, 6.45) is 1.96. The SMILES string of the molecule is Cn1cccc1CNC(=O)c1csc(-c2cc3ccccc3[nH]2)n1. The Hall–Kier alpha value is -2.86. The number of thiazole rings is 1. The standard InChI is InChI=1S/C18H16N4OS/c1-22-8-4-6-13(22)10-19-17(23)16-11-24-18(21-16)15-9-12-5-2-3-7-14(12)20-15/h2-9,11,20H,10H2,1H3,(H,19,23). The predicted octanol–water partition coefficient (Wildman–Crippen LogP) is 3.56. The lowest BCUT2D eigenvalue weighted by atomic mass is 10.2. The summed E-state index contributed by atoms with van der Waals surface area (Å²) in [7, 11) is 1.96. The first-order valence-corrected chi connectivity index (χ1v) is 8.51. The highest BCUT2D eigenvalue weighted by atomic mass is 32.1. The molecule has 0 fully saturated rings. The molecule has 3 aromatic heterocycles. The van der Waals surface area contributed by atoms with Gasteiger partial charge in [0.2, 0.25) is 0 Å². The summed E-state index contributed by atoms with van der Waals surface area (Å²) in [6, 6.07) is 14.1. The van der Waals surface area contributed by atoms with Gasteiger partial charge in [0.25, 0.3) is 5.91 Å². The first kappa shape index (κ1) is 14.7. The molecule has 0 aliphatic heterocycles. The Labute approximate surface area is 143 Å². The number of nitrogens with zero attached hydrogens (tertiary/aromatic N) is 2. The lowest BCUT2D eigenvalue weighted by Gasteiger charge is -2.04. The fraction of sp³-hybridized carbons (Fsp3) is 0.111. The lowest BCUT2D eigenvalue weighted by Crippen LogP contribution is -2.24. The van der Waals surface area contributed by atoms with Crippen molar-refractivity contribution >= 4 is 28.1 Å². The van der Waals surface area contributed by atoms with E-state index >= 15 is 0 Å². The smallest absolute Gasteiger partial charge is 0.271 e. The summed E-state index contributed by atoms with van der Waals surface area (Å²) in [4.78, 5) is 20.1. The number of aryl methyl sites for hydroxylation is 1. The Morgan fingerprint density at radius 1 is 1.29 bits per heavy atom. The van der Waals surface area contributed by atoms with Crippen LogP contribution in [0.3, 0.4) is 0 Å². The Balaban J connectivity index is 1.51. The van der Waals surface area contributed by atoms with Crippen molar-refractivity contribution in [1.29, 1.82) is 0 Å². The number of nitrogens with one attached hydrogen (secondary N) is 2. The molecule has 0 saturated heterocycles. The second-order valence-electron chi connectivity index (χ2n) is 5.60. The third-order valence-corrected chi connectivity index (χ3v) is 4.85. The maximum absolute atomic E-state index is 12.3. The number of aromatic nitrogens is 3. The van der Waals surface area contributed by atoms with Crippen molar-refractivity contribution < 1.29 is 4.79 Å². The van der Waals surface area contributed by atoms with Crippen molar-refractivity contribution in [1.82, 2.24) is 19.9 Å². The monoisotopic (exact) mass is 336 g/mol. The van der Waals surface area contributed by atoms with Crippen LogP contribution in [-0.4, -0.2) is 20.4 Å². The van der Waals surface area contributed by atoms with Crippen molar-refractivity contribution in [2.24, 2.45) is 7.05 Å². The number of fused-ring (bicyclic) bond motifs is 1. The number of carbonyl (C=O) groups is 1. The van der Waals surface area contributed by atoms with Gasteiger partial charge in [-0.2, -0.15) is 0 Å². The fourth-order valence-corrected chi connectivity index (χ4v) is 3.40. The molecule has 3 heterocycles. The molecule has 0 aliphatic carbocycles. The second-order valence-corrected chi connectivity index (χ2v) is 6.46. The molecule has 0 unspecified atom stereocenters. The molecule has 0 radical (unpaired) electrons. The molecular formula is C18H16N4OS. The van der Waals surface area contributed by atoms with Gasteiger partial charge in [0, 0.05) is 35.2 Å². The summed E-state index contributed by atoms with van der Waals surface area (Å²) in [6.45, 7) is 0.488. The van der Waals surface area contributed by atoms with Crippen LogP contribution in [0, 0.1) is 0 Å². The molecule has 0 spiro atoms. The zero-order chi connectivity index (χ0) is 16.5. The van der Waals surface area contributed by atoms with E-state index in [1.165, 1.54) is 11.3 Å². The maximum Gasteiger partial charge on any atom is 0.271 e. The quantitative estimate of drug-likeness (QED) is 0.598. The van der Waals surface area contributed by atoms with Crippen LogP contribution in [-0.2, 0) is 13.6 Å². The molecular weight excluding hydrogens is 320 g/mol. The van der Waals surface area contributed by atoms with Gasteiger partial charge >= 0.3 is 0 Å². The predicted molar refractivity (Wildman–Crippen MR) is 96.0 cm³/mol. The second kappa shape index (κ2) is 5.98. The van der Waals surface area contributed by atoms with Crippen molar-refractivity contribution in [3.8, 4) is 10.7 Å². The summed E-state index contributed by atoms with van der Waals surface area (Å²) in [5.41, 5.74) is 3.50. The average molecular weight is 336 g/mol. The molecule has 120 valence electrons. The highest BCUT2D eigenvalue weighted by molar-refractivity contribution is 7.13. The molecule has 0 atom stereocenters. The average Bonchev–Trinajstić information content (AvgIpc) is 3.31. The largest absolute Gasteiger partial charge is 0.353 e. The number of aromatic amines is 1. The topological polar surface area (TPSA) is 62.7 Å². The Morgan fingerprint density at radius 2 is 2.17 bits per heavy atom. The van der Waals surface area contributed by atoms with Crippen LogP contribution in [0.1, 0.15) is 16.2 Å². The molecule has 0 saturated carbocycles. The molecule has 6 heteroatoms.